The van der Waals surface area contributed by atoms with Gasteiger partial charge in [-0.2, -0.15) is 0 Å². The van der Waals surface area contributed by atoms with Crippen LogP contribution in [0.3, 0.4) is 0 Å². The minimum Gasteiger partial charge on any atom is -0.393 e. The van der Waals surface area contributed by atoms with E-state index in [1.54, 1.807) is 6.92 Å². The monoisotopic (exact) mass is 116 g/mol. The van der Waals surface area contributed by atoms with E-state index in [4.69, 9.17) is 11.1 Å². The molecule has 0 aromatic carbocycles. The Kier molecular flexibility index (Phi) is 2.61. The molecule has 0 saturated heterocycles. The zero-order valence-electron chi connectivity index (χ0n) is 4.60. The van der Waals surface area contributed by atoms with Crippen molar-refractivity contribution in [1.29, 1.82) is 5.41 Å². The Labute approximate surface area is 47.1 Å². The first-order valence-electron chi connectivity index (χ1n) is 2.21. The number of hydrogen-bond acceptors (Lipinski definition) is 3. The van der Waals surface area contributed by atoms with Crippen molar-refractivity contribution >= 4 is 12.0 Å². The van der Waals surface area contributed by atoms with Crippen molar-refractivity contribution in [3.63, 3.8) is 0 Å². The molecule has 0 atom stereocenters. The first-order valence-corrected chi connectivity index (χ1v) is 2.21. The first-order chi connectivity index (χ1) is 3.66. The highest BCUT2D eigenvalue weighted by atomic mass is 16.5. The Morgan fingerprint density at radius 1 is 1.88 bits per heavy atom. The Hall–Kier alpha value is -1.06. The molecule has 8 heavy (non-hydrogen) atoms. The van der Waals surface area contributed by atoms with Gasteiger partial charge in [0.05, 0.1) is 0 Å². The molecule has 0 unspecified atom stereocenters. The highest BCUT2D eigenvalue weighted by Crippen LogP contribution is 1.80. The number of amidine groups is 1. The summed E-state index contributed by atoms with van der Waals surface area (Å²) in [5.41, 5.74) is 4.71. The van der Waals surface area contributed by atoms with Gasteiger partial charge in [-0.1, -0.05) is 6.92 Å². The van der Waals surface area contributed by atoms with E-state index >= 15 is 0 Å². The lowest BCUT2D eigenvalue weighted by atomic mass is 10.5. The van der Waals surface area contributed by atoms with Gasteiger partial charge in [0, 0.05) is 6.42 Å². The number of carbonyl (C=O) groups excluding carboxylic acids is 1. The van der Waals surface area contributed by atoms with Crippen molar-refractivity contribution in [2.75, 3.05) is 0 Å². The maximum Gasteiger partial charge on any atom is 0.313 e. The third kappa shape index (κ3) is 3.14. The first kappa shape index (κ1) is 6.94. The molecule has 0 saturated carbocycles. The molecule has 0 fully saturated rings. The lowest BCUT2D eigenvalue weighted by molar-refractivity contribution is -0.135. The van der Waals surface area contributed by atoms with E-state index in [0.29, 0.717) is 0 Å². The number of nitrogens with two attached hydrogens (primary N) is 1. The standard InChI is InChI=1S/C4H8N2O2/c1-2-3(7)8-4(5)6/h2H2,1H3,(H3,5,6). The third-order valence-corrected chi connectivity index (χ3v) is 0.512. The molecule has 0 spiro atoms. The summed E-state index contributed by atoms with van der Waals surface area (Å²) in [6.45, 7) is 1.63. The second-order valence-electron chi connectivity index (χ2n) is 1.19. The van der Waals surface area contributed by atoms with Crippen molar-refractivity contribution < 1.29 is 9.53 Å². The Morgan fingerprint density at radius 3 is 2.50 bits per heavy atom. The average molecular weight is 116 g/mol. The summed E-state index contributed by atoms with van der Waals surface area (Å²) in [5.74, 6) is -0.475. The van der Waals surface area contributed by atoms with Gasteiger partial charge >= 0.3 is 5.97 Å². The molecule has 4 heteroatoms. The van der Waals surface area contributed by atoms with Crippen LogP contribution in [0.5, 0.6) is 0 Å². The zero-order chi connectivity index (χ0) is 6.57. The molecule has 0 radical (unpaired) electrons. The molecule has 0 aromatic heterocycles. The number of hydrogen-bond donors (Lipinski definition) is 2. The molecular formula is C4H8N2O2. The van der Waals surface area contributed by atoms with Gasteiger partial charge in [0.2, 0.25) is 0 Å². The van der Waals surface area contributed by atoms with Gasteiger partial charge in [-0.05, 0) is 0 Å². The molecule has 46 valence electrons. The summed E-state index contributed by atoms with van der Waals surface area (Å²) in [6, 6.07) is -0.545. The smallest absolute Gasteiger partial charge is 0.313 e. The van der Waals surface area contributed by atoms with Gasteiger partial charge in [0.1, 0.15) is 0 Å². The van der Waals surface area contributed by atoms with E-state index in [0.717, 1.165) is 0 Å². The predicted octanol–water partition coefficient (Wildman–Crippen LogP) is -0.167. The average Bonchev–Trinajstić information content (AvgIpc) is 1.65. The van der Waals surface area contributed by atoms with Gasteiger partial charge in [-0.15, -0.1) is 0 Å². The van der Waals surface area contributed by atoms with E-state index in [2.05, 4.69) is 4.74 Å². The fourth-order valence-electron chi connectivity index (χ4n) is 0.195. The van der Waals surface area contributed by atoms with Crippen LogP contribution in [0.4, 0.5) is 0 Å². The minimum absolute atomic E-state index is 0.250. The molecule has 0 bridgehead atoms. The van der Waals surface area contributed by atoms with Crippen molar-refractivity contribution in [2.24, 2.45) is 5.73 Å². The van der Waals surface area contributed by atoms with Crippen molar-refractivity contribution in [3.05, 3.63) is 0 Å². The topological polar surface area (TPSA) is 76.2 Å². The summed E-state index contributed by atoms with van der Waals surface area (Å²) in [4.78, 5) is 10.2. The lowest BCUT2D eigenvalue weighted by Crippen LogP contribution is -2.18. The van der Waals surface area contributed by atoms with E-state index in [1.807, 2.05) is 0 Å². The summed E-state index contributed by atoms with van der Waals surface area (Å²) < 4.78 is 4.12. The van der Waals surface area contributed by atoms with Crippen LogP contribution in [-0.2, 0) is 9.53 Å². The number of carbonyl (C=O) groups is 1. The number of ether oxygens (including phenoxy) is 1. The SMILES string of the molecule is CCC(=O)OC(=N)N. The van der Waals surface area contributed by atoms with Crippen LogP contribution >= 0.6 is 0 Å². The van der Waals surface area contributed by atoms with E-state index in [1.165, 1.54) is 0 Å². The highest BCUT2D eigenvalue weighted by molar-refractivity contribution is 5.84. The maximum atomic E-state index is 10.2. The second-order valence-corrected chi connectivity index (χ2v) is 1.19. The summed E-state index contributed by atoms with van der Waals surface area (Å²) in [6.07, 6.45) is 0.250. The van der Waals surface area contributed by atoms with Gasteiger partial charge in [-0.3, -0.25) is 10.2 Å². The van der Waals surface area contributed by atoms with Crippen LogP contribution in [-0.4, -0.2) is 12.0 Å². The predicted molar refractivity (Wildman–Crippen MR) is 28.3 cm³/mol. The molecule has 0 amide bonds. The van der Waals surface area contributed by atoms with Gasteiger partial charge in [-0.25, -0.2) is 0 Å². The normalized spacial score (nSPS) is 8.12. The maximum absolute atomic E-state index is 10.2. The van der Waals surface area contributed by atoms with E-state index < -0.39 is 12.0 Å². The third-order valence-electron chi connectivity index (χ3n) is 0.512. The fraction of sp³-hybridized carbons (Fsp3) is 0.500. The van der Waals surface area contributed by atoms with Crippen LogP contribution in [0.2, 0.25) is 0 Å². The van der Waals surface area contributed by atoms with Crippen LogP contribution in [0, 0.1) is 5.41 Å². The van der Waals surface area contributed by atoms with Gasteiger partial charge in [0.15, 0.2) is 0 Å². The number of esters is 1. The molecule has 0 aromatic rings. The van der Waals surface area contributed by atoms with E-state index in [9.17, 15) is 4.79 Å². The van der Waals surface area contributed by atoms with Gasteiger partial charge in [0.25, 0.3) is 6.02 Å². The Balaban J connectivity index is 3.40. The van der Waals surface area contributed by atoms with Crippen molar-refractivity contribution in [1.82, 2.24) is 0 Å². The number of nitrogens with one attached hydrogen (secondary N) is 1. The minimum atomic E-state index is -0.545. The fourth-order valence-corrected chi connectivity index (χ4v) is 0.195. The van der Waals surface area contributed by atoms with Gasteiger partial charge < -0.3 is 10.5 Å². The number of rotatable bonds is 1. The van der Waals surface area contributed by atoms with Crippen molar-refractivity contribution in [2.45, 2.75) is 13.3 Å². The highest BCUT2D eigenvalue weighted by Gasteiger charge is 1.97. The Bertz CT molecular complexity index is 111. The molecule has 0 rings (SSSR count). The lowest BCUT2D eigenvalue weighted by Gasteiger charge is -1.94. The van der Waals surface area contributed by atoms with Crippen molar-refractivity contribution in [3.8, 4) is 0 Å². The van der Waals surface area contributed by atoms with Crippen LogP contribution < -0.4 is 5.73 Å². The second kappa shape index (κ2) is 3.01. The zero-order valence-corrected chi connectivity index (χ0v) is 4.60. The molecule has 0 aliphatic carbocycles. The Morgan fingerprint density at radius 2 is 2.38 bits per heavy atom. The largest absolute Gasteiger partial charge is 0.393 e. The summed E-state index contributed by atoms with van der Waals surface area (Å²) >= 11 is 0. The van der Waals surface area contributed by atoms with E-state index in [-0.39, 0.29) is 6.42 Å². The molecule has 3 N–H and O–H groups in total. The van der Waals surface area contributed by atoms with Crippen LogP contribution in [0.25, 0.3) is 0 Å². The molecule has 0 aliphatic rings. The summed E-state index contributed by atoms with van der Waals surface area (Å²) in [5, 5.41) is 6.46. The van der Waals surface area contributed by atoms with Crippen LogP contribution in [0.1, 0.15) is 13.3 Å². The van der Waals surface area contributed by atoms with Crippen LogP contribution in [0.15, 0.2) is 0 Å². The quantitative estimate of drug-likeness (QED) is 0.284. The molecule has 4 nitrogen and oxygen atoms in total. The molecular weight excluding hydrogens is 108 g/mol. The summed E-state index contributed by atoms with van der Waals surface area (Å²) in [7, 11) is 0. The molecule has 0 aliphatic heterocycles. The molecule has 0 heterocycles.